The molecule has 4 nitrogen and oxygen atoms in total. The van der Waals surface area contributed by atoms with Crippen molar-refractivity contribution in [3.63, 3.8) is 0 Å². The molecule has 0 aliphatic carbocycles. The fraction of sp³-hybridized carbons (Fsp3) is 0.875. The predicted molar refractivity (Wildman–Crippen MR) is 52.6 cm³/mol. The van der Waals surface area contributed by atoms with Crippen molar-refractivity contribution in [2.45, 2.75) is 19.4 Å². The molecule has 0 aromatic carbocycles. The molecule has 1 rings (SSSR count). The van der Waals surface area contributed by atoms with Crippen molar-refractivity contribution in [3.05, 3.63) is 0 Å². The number of rotatable bonds is 3. The topological polar surface area (TPSA) is 72.2 Å². The number of nitrogens with one attached hydrogen (secondary N) is 1. The van der Waals surface area contributed by atoms with E-state index in [1.165, 1.54) is 0 Å². The summed E-state index contributed by atoms with van der Waals surface area (Å²) in [6.07, 6.45) is 0.829. The Morgan fingerprint density at radius 1 is 1.77 bits per heavy atom. The van der Waals surface area contributed by atoms with Crippen LogP contribution in [0.15, 0.2) is 0 Å². The van der Waals surface area contributed by atoms with E-state index in [-0.39, 0.29) is 17.9 Å². The molecule has 0 aromatic rings. The van der Waals surface area contributed by atoms with Crippen molar-refractivity contribution in [1.29, 1.82) is 0 Å². The minimum atomic E-state index is -0.730. The van der Waals surface area contributed by atoms with E-state index in [9.17, 15) is 9.00 Å². The van der Waals surface area contributed by atoms with Gasteiger partial charge in [0.25, 0.3) is 0 Å². The summed E-state index contributed by atoms with van der Waals surface area (Å²) in [6, 6.07) is 0.0994. The van der Waals surface area contributed by atoms with Gasteiger partial charge in [0.2, 0.25) is 5.91 Å². The number of amides is 1. The van der Waals surface area contributed by atoms with Gasteiger partial charge in [0.05, 0.1) is 0 Å². The van der Waals surface area contributed by atoms with Gasteiger partial charge in [0, 0.05) is 40.8 Å². The Bertz CT molecular complexity index is 220. The Kier molecular flexibility index (Phi) is 3.87. The summed E-state index contributed by atoms with van der Waals surface area (Å²) in [7, 11) is -0.730. The molecule has 1 aliphatic rings. The maximum absolute atomic E-state index is 11.3. The molecule has 0 aromatic heterocycles. The molecule has 0 radical (unpaired) electrons. The molecule has 76 valence electrons. The zero-order chi connectivity index (χ0) is 9.84. The van der Waals surface area contributed by atoms with Gasteiger partial charge in [-0.05, 0) is 6.42 Å². The molecular formula is C8H16N2O2S. The van der Waals surface area contributed by atoms with Gasteiger partial charge in [0.15, 0.2) is 0 Å². The highest BCUT2D eigenvalue weighted by atomic mass is 32.2. The van der Waals surface area contributed by atoms with Gasteiger partial charge in [-0.25, -0.2) is 0 Å². The van der Waals surface area contributed by atoms with Crippen LogP contribution in [0.5, 0.6) is 0 Å². The summed E-state index contributed by atoms with van der Waals surface area (Å²) >= 11 is 0. The Hall–Kier alpha value is -0.420. The van der Waals surface area contributed by atoms with Crippen LogP contribution in [0.1, 0.15) is 13.3 Å². The van der Waals surface area contributed by atoms with E-state index in [2.05, 4.69) is 5.32 Å². The van der Waals surface area contributed by atoms with E-state index in [4.69, 9.17) is 5.73 Å². The normalized spacial score (nSPS) is 30.0. The maximum Gasteiger partial charge on any atom is 0.224 e. The molecule has 0 saturated carbocycles. The van der Waals surface area contributed by atoms with Gasteiger partial charge in [-0.3, -0.25) is 9.00 Å². The average Bonchev–Trinajstić information content (AvgIpc) is 2.49. The Balaban J connectivity index is 2.32. The minimum Gasteiger partial charge on any atom is -0.352 e. The van der Waals surface area contributed by atoms with Crippen molar-refractivity contribution in [3.8, 4) is 0 Å². The second-order valence-corrected chi connectivity index (χ2v) is 5.06. The molecule has 3 unspecified atom stereocenters. The minimum absolute atomic E-state index is 0.0219. The molecule has 0 spiro atoms. The van der Waals surface area contributed by atoms with E-state index in [1.54, 1.807) is 6.92 Å². The van der Waals surface area contributed by atoms with E-state index in [0.29, 0.717) is 18.1 Å². The van der Waals surface area contributed by atoms with Gasteiger partial charge in [-0.1, -0.05) is 6.92 Å². The third-order valence-electron chi connectivity index (χ3n) is 2.23. The summed E-state index contributed by atoms with van der Waals surface area (Å²) in [5.41, 5.74) is 5.35. The van der Waals surface area contributed by atoms with Crippen molar-refractivity contribution in [2.24, 2.45) is 11.7 Å². The van der Waals surface area contributed by atoms with Gasteiger partial charge in [-0.2, -0.15) is 0 Å². The van der Waals surface area contributed by atoms with Gasteiger partial charge < -0.3 is 11.1 Å². The first-order chi connectivity index (χ1) is 6.13. The van der Waals surface area contributed by atoms with E-state index < -0.39 is 10.8 Å². The number of hydrogen-bond acceptors (Lipinski definition) is 3. The van der Waals surface area contributed by atoms with Crippen molar-refractivity contribution in [1.82, 2.24) is 5.32 Å². The third-order valence-corrected chi connectivity index (χ3v) is 3.69. The van der Waals surface area contributed by atoms with Crippen LogP contribution in [0.25, 0.3) is 0 Å². The zero-order valence-corrected chi connectivity index (χ0v) is 8.60. The van der Waals surface area contributed by atoms with E-state index in [0.717, 1.165) is 6.42 Å². The summed E-state index contributed by atoms with van der Waals surface area (Å²) in [5.74, 6) is 1.14. The molecule has 3 N–H and O–H groups in total. The average molecular weight is 204 g/mol. The van der Waals surface area contributed by atoms with Gasteiger partial charge >= 0.3 is 0 Å². The Morgan fingerprint density at radius 2 is 2.46 bits per heavy atom. The highest BCUT2D eigenvalue weighted by Crippen LogP contribution is 2.07. The van der Waals surface area contributed by atoms with Crippen molar-refractivity contribution < 1.29 is 9.00 Å². The first-order valence-corrected chi connectivity index (χ1v) is 5.97. The molecular weight excluding hydrogens is 188 g/mol. The smallest absolute Gasteiger partial charge is 0.224 e. The van der Waals surface area contributed by atoms with Crippen LogP contribution in [-0.2, 0) is 15.6 Å². The summed E-state index contributed by atoms with van der Waals surface area (Å²) < 4.78 is 11.0. The van der Waals surface area contributed by atoms with Crippen LogP contribution >= 0.6 is 0 Å². The molecule has 3 atom stereocenters. The van der Waals surface area contributed by atoms with Crippen molar-refractivity contribution in [2.75, 3.05) is 18.1 Å². The highest BCUT2D eigenvalue weighted by Gasteiger charge is 2.23. The maximum atomic E-state index is 11.3. The number of hydrogen-bond donors (Lipinski definition) is 2. The van der Waals surface area contributed by atoms with E-state index >= 15 is 0 Å². The second-order valence-electron chi connectivity index (χ2n) is 3.44. The van der Waals surface area contributed by atoms with Crippen LogP contribution in [0, 0.1) is 5.92 Å². The molecule has 1 fully saturated rings. The quantitative estimate of drug-likeness (QED) is 0.633. The molecule has 0 bridgehead atoms. The lowest BCUT2D eigenvalue weighted by Gasteiger charge is -2.14. The number of nitrogens with two attached hydrogens (primary N) is 1. The van der Waals surface area contributed by atoms with E-state index in [1.807, 2.05) is 0 Å². The molecule has 5 heteroatoms. The molecule has 1 aliphatic heterocycles. The lowest BCUT2D eigenvalue weighted by atomic mass is 10.1. The number of carbonyl (C=O) groups excluding carboxylic acids is 1. The monoisotopic (exact) mass is 204 g/mol. The Labute approximate surface area is 80.7 Å². The lowest BCUT2D eigenvalue weighted by molar-refractivity contribution is -0.124. The Morgan fingerprint density at radius 3 is 2.92 bits per heavy atom. The second kappa shape index (κ2) is 4.72. The molecule has 1 amide bonds. The zero-order valence-electron chi connectivity index (χ0n) is 7.79. The fourth-order valence-corrected chi connectivity index (χ4v) is 2.64. The van der Waals surface area contributed by atoms with Crippen LogP contribution in [0.4, 0.5) is 0 Å². The van der Waals surface area contributed by atoms with Crippen LogP contribution in [0.3, 0.4) is 0 Å². The molecule has 1 saturated heterocycles. The van der Waals surface area contributed by atoms with Gasteiger partial charge in [0.1, 0.15) is 0 Å². The first kappa shape index (κ1) is 10.7. The highest BCUT2D eigenvalue weighted by molar-refractivity contribution is 7.85. The predicted octanol–water partition coefficient (Wildman–Crippen LogP) is -0.782. The number of carbonyl (C=O) groups is 1. The summed E-state index contributed by atoms with van der Waals surface area (Å²) in [4.78, 5) is 11.3. The largest absolute Gasteiger partial charge is 0.352 e. The molecule has 1 heterocycles. The summed E-state index contributed by atoms with van der Waals surface area (Å²) in [5, 5.41) is 2.85. The van der Waals surface area contributed by atoms with Crippen LogP contribution in [0.2, 0.25) is 0 Å². The summed E-state index contributed by atoms with van der Waals surface area (Å²) in [6.45, 7) is 2.16. The van der Waals surface area contributed by atoms with Crippen molar-refractivity contribution >= 4 is 16.7 Å². The standard InChI is InChI=1S/C8H16N2O2S/c1-6(4-9)8(11)10-7-2-3-13(12)5-7/h6-7H,2-5,9H2,1H3,(H,10,11). The van der Waals surface area contributed by atoms with Crippen LogP contribution in [-0.4, -0.2) is 34.2 Å². The lowest BCUT2D eigenvalue weighted by Crippen LogP contribution is -2.40. The molecule has 13 heavy (non-hydrogen) atoms. The van der Waals surface area contributed by atoms with Crippen LogP contribution < -0.4 is 11.1 Å². The first-order valence-electron chi connectivity index (χ1n) is 4.49. The third kappa shape index (κ3) is 3.08. The fourth-order valence-electron chi connectivity index (χ4n) is 1.23. The SMILES string of the molecule is CC(CN)C(=O)NC1CCS(=O)C1. The van der Waals surface area contributed by atoms with Gasteiger partial charge in [-0.15, -0.1) is 0 Å².